The van der Waals surface area contributed by atoms with Gasteiger partial charge in [-0.2, -0.15) is 0 Å². The van der Waals surface area contributed by atoms with Crippen molar-refractivity contribution >= 4 is 17.6 Å². The van der Waals surface area contributed by atoms with Gasteiger partial charge in [-0.05, 0) is 37.8 Å². The minimum atomic E-state index is -0.449. The average Bonchev–Trinajstić information content (AvgIpc) is 3.33. The molecule has 1 saturated carbocycles. The molecule has 1 aliphatic carbocycles. The Kier molecular flexibility index (Phi) is 4.27. The molecule has 1 aromatic rings. The van der Waals surface area contributed by atoms with Crippen molar-refractivity contribution in [2.75, 3.05) is 18.4 Å². The van der Waals surface area contributed by atoms with Gasteiger partial charge < -0.3 is 15.5 Å². The summed E-state index contributed by atoms with van der Waals surface area (Å²) in [5.41, 5.74) is 0.187. The Morgan fingerprint density at radius 2 is 1.95 bits per heavy atom. The summed E-state index contributed by atoms with van der Waals surface area (Å²) >= 11 is 0. The van der Waals surface area contributed by atoms with Gasteiger partial charge in [-0.15, -0.1) is 0 Å². The van der Waals surface area contributed by atoms with Crippen LogP contribution in [0.3, 0.4) is 0 Å². The van der Waals surface area contributed by atoms with Crippen LogP contribution in [0.1, 0.15) is 25.7 Å². The molecule has 0 spiro atoms. The molecular weight excluding hydrogens is 285 g/mol. The zero-order chi connectivity index (χ0) is 15.5. The molecule has 2 fully saturated rings. The molecule has 2 aliphatic rings. The van der Waals surface area contributed by atoms with Crippen molar-refractivity contribution in [1.82, 2.24) is 10.2 Å². The summed E-state index contributed by atoms with van der Waals surface area (Å²) in [6, 6.07) is 6.32. The summed E-state index contributed by atoms with van der Waals surface area (Å²) in [5, 5.41) is 5.56. The molecule has 0 aromatic heterocycles. The molecule has 1 aromatic carbocycles. The van der Waals surface area contributed by atoms with Crippen LogP contribution < -0.4 is 10.6 Å². The van der Waals surface area contributed by atoms with Crippen molar-refractivity contribution in [2.45, 2.75) is 31.7 Å². The first-order valence-electron chi connectivity index (χ1n) is 7.74. The van der Waals surface area contributed by atoms with Crippen molar-refractivity contribution < 1.29 is 14.0 Å². The van der Waals surface area contributed by atoms with Gasteiger partial charge in [0.15, 0.2) is 0 Å². The van der Waals surface area contributed by atoms with Crippen LogP contribution in [0.4, 0.5) is 14.9 Å². The standard InChI is InChI=1S/C16H20FN3O2/c17-13-5-1-2-6-14(13)19-15(21)11-4-3-9-20(10-11)16(22)18-12-7-8-12/h1-2,5-6,11-12H,3-4,7-10H2,(H,18,22)(H,19,21). The molecule has 5 nitrogen and oxygen atoms in total. The van der Waals surface area contributed by atoms with Crippen LogP contribution in [0.25, 0.3) is 0 Å². The highest BCUT2D eigenvalue weighted by Crippen LogP contribution is 2.22. The Morgan fingerprint density at radius 1 is 1.18 bits per heavy atom. The van der Waals surface area contributed by atoms with Crippen molar-refractivity contribution in [1.29, 1.82) is 0 Å². The molecule has 22 heavy (non-hydrogen) atoms. The number of carbonyl (C=O) groups excluding carboxylic acids is 2. The zero-order valence-corrected chi connectivity index (χ0v) is 12.3. The molecule has 3 amide bonds. The van der Waals surface area contributed by atoms with Crippen LogP contribution >= 0.6 is 0 Å². The molecule has 1 unspecified atom stereocenters. The van der Waals surface area contributed by atoms with Crippen molar-refractivity contribution in [3.63, 3.8) is 0 Å². The predicted octanol–water partition coefficient (Wildman–Crippen LogP) is 2.35. The molecule has 1 atom stereocenters. The number of hydrogen-bond donors (Lipinski definition) is 2. The Balaban J connectivity index is 1.57. The van der Waals surface area contributed by atoms with Crippen molar-refractivity contribution in [2.24, 2.45) is 5.92 Å². The van der Waals surface area contributed by atoms with E-state index >= 15 is 0 Å². The van der Waals surface area contributed by atoms with E-state index in [1.54, 1.807) is 17.0 Å². The topological polar surface area (TPSA) is 61.4 Å². The van der Waals surface area contributed by atoms with Gasteiger partial charge in [0.2, 0.25) is 5.91 Å². The number of urea groups is 1. The quantitative estimate of drug-likeness (QED) is 0.900. The number of benzene rings is 1. The van der Waals surface area contributed by atoms with Crippen molar-refractivity contribution in [3.05, 3.63) is 30.1 Å². The molecule has 1 saturated heterocycles. The highest BCUT2D eigenvalue weighted by Gasteiger charge is 2.31. The average molecular weight is 305 g/mol. The number of hydrogen-bond acceptors (Lipinski definition) is 2. The number of amides is 3. The van der Waals surface area contributed by atoms with Gasteiger partial charge in [0.1, 0.15) is 5.82 Å². The van der Waals surface area contributed by atoms with Gasteiger partial charge in [-0.3, -0.25) is 4.79 Å². The fraction of sp³-hybridized carbons (Fsp3) is 0.500. The number of anilines is 1. The molecule has 1 heterocycles. The van der Waals surface area contributed by atoms with Crippen LogP contribution in [0, 0.1) is 11.7 Å². The van der Waals surface area contributed by atoms with Crippen LogP contribution in [0.5, 0.6) is 0 Å². The third-order valence-electron chi connectivity index (χ3n) is 4.12. The fourth-order valence-electron chi connectivity index (χ4n) is 2.67. The normalized spacial score (nSPS) is 21.3. The van der Waals surface area contributed by atoms with Crippen LogP contribution in [-0.2, 0) is 4.79 Å². The first-order valence-corrected chi connectivity index (χ1v) is 7.74. The van der Waals surface area contributed by atoms with Crippen molar-refractivity contribution in [3.8, 4) is 0 Å². The van der Waals surface area contributed by atoms with Crippen LogP contribution in [-0.4, -0.2) is 36.0 Å². The molecule has 118 valence electrons. The summed E-state index contributed by atoms with van der Waals surface area (Å²) in [4.78, 5) is 26.0. The number of rotatable bonds is 3. The summed E-state index contributed by atoms with van der Waals surface area (Å²) in [7, 11) is 0. The van der Waals surface area contributed by atoms with E-state index in [2.05, 4.69) is 10.6 Å². The second kappa shape index (κ2) is 6.34. The minimum absolute atomic E-state index is 0.0918. The zero-order valence-electron chi connectivity index (χ0n) is 12.3. The summed E-state index contributed by atoms with van der Waals surface area (Å²) < 4.78 is 13.6. The molecule has 1 aliphatic heterocycles. The minimum Gasteiger partial charge on any atom is -0.335 e. The van der Waals surface area contributed by atoms with Crippen LogP contribution in [0.2, 0.25) is 0 Å². The third kappa shape index (κ3) is 3.55. The maximum absolute atomic E-state index is 13.6. The molecule has 2 N–H and O–H groups in total. The van der Waals surface area contributed by atoms with E-state index in [9.17, 15) is 14.0 Å². The van der Waals surface area contributed by atoms with Crippen LogP contribution in [0.15, 0.2) is 24.3 Å². The Labute approximate surface area is 128 Å². The number of piperidine rings is 1. The highest BCUT2D eigenvalue weighted by atomic mass is 19.1. The largest absolute Gasteiger partial charge is 0.335 e. The lowest BCUT2D eigenvalue weighted by molar-refractivity contribution is -0.121. The molecule has 6 heteroatoms. The number of halogens is 1. The lowest BCUT2D eigenvalue weighted by Crippen LogP contribution is -2.48. The highest BCUT2D eigenvalue weighted by molar-refractivity contribution is 5.93. The number of nitrogens with zero attached hydrogens (tertiary/aromatic N) is 1. The Morgan fingerprint density at radius 3 is 2.68 bits per heavy atom. The van der Waals surface area contributed by atoms with E-state index in [0.717, 1.165) is 19.3 Å². The predicted molar refractivity (Wildman–Crippen MR) is 80.9 cm³/mol. The molecule has 0 bridgehead atoms. The molecular formula is C16H20FN3O2. The number of likely N-dealkylation sites (tertiary alicyclic amines) is 1. The summed E-state index contributed by atoms with van der Waals surface area (Å²) in [6.45, 7) is 1.06. The number of carbonyl (C=O) groups is 2. The second-order valence-electron chi connectivity index (χ2n) is 5.98. The Bertz CT molecular complexity index is 574. The monoisotopic (exact) mass is 305 g/mol. The van der Waals surface area contributed by atoms with Gasteiger partial charge in [-0.1, -0.05) is 12.1 Å². The van der Waals surface area contributed by atoms with Gasteiger partial charge in [0, 0.05) is 19.1 Å². The Hall–Kier alpha value is -2.11. The number of nitrogens with one attached hydrogen (secondary N) is 2. The summed E-state index contributed by atoms with van der Waals surface area (Å²) in [6.07, 6.45) is 3.58. The van der Waals surface area contributed by atoms with E-state index in [1.807, 2.05) is 0 Å². The third-order valence-corrected chi connectivity index (χ3v) is 4.12. The SMILES string of the molecule is O=C(Nc1ccccc1F)C1CCCN(C(=O)NC2CC2)C1. The van der Waals surface area contributed by atoms with E-state index in [-0.39, 0.29) is 23.5 Å². The first kappa shape index (κ1) is 14.8. The fourth-order valence-corrected chi connectivity index (χ4v) is 2.67. The van der Waals surface area contributed by atoms with Gasteiger partial charge >= 0.3 is 6.03 Å². The molecule has 3 rings (SSSR count). The molecule has 0 radical (unpaired) electrons. The lowest BCUT2D eigenvalue weighted by Gasteiger charge is -2.32. The van der Waals surface area contributed by atoms with E-state index in [0.29, 0.717) is 25.6 Å². The smallest absolute Gasteiger partial charge is 0.317 e. The summed E-state index contributed by atoms with van der Waals surface area (Å²) in [5.74, 6) is -0.970. The van der Waals surface area contributed by atoms with Gasteiger partial charge in [-0.25, -0.2) is 9.18 Å². The van der Waals surface area contributed by atoms with Gasteiger partial charge in [0.25, 0.3) is 0 Å². The van der Waals surface area contributed by atoms with E-state index < -0.39 is 5.82 Å². The maximum Gasteiger partial charge on any atom is 0.317 e. The van der Waals surface area contributed by atoms with E-state index in [4.69, 9.17) is 0 Å². The van der Waals surface area contributed by atoms with E-state index in [1.165, 1.54) is 12.1 Å². The second-order valence-corrected chi connectivity index (χ2v) is 5.98. The maximum atomic E-state index is 13.6. The van der Waals surface area contributed by atoms with Gasteiger partial charge in [0.05, 0.1) is 11.6 Å². The lowest BCUT2D eigenvalue weighted by atomic mass is 9.97. The number of para-hydroxylation sites is 1. The first-order chi connectivity index (χ1) is 10.6.